The first-order valence-electron chi connectivity index (χ1n) is 5.09. The lowest BCUT2D eigenvalue weighted by Crippen LogP contribution is -2.32. The van der Waals surface area contributed by atoms with Crippen molar-refractivity contribution in [1.82, 2.24) is 5.32 Å². The predicted octanol–water partition coefficient (Wildman–Crippen LogP) is 1.72. The maximum Gasteiger partial charge on any atom is 0.387 e. The van der Waals surface area contributed by atoms with Crippen LogP contribution >= 0.6 is 0 Å². The molecular formula is C11H16F2N2O. The van der Waals surface area contributed by atoms with Crippen LogP contribution in [0.3, 0.4) is 0 Å². The molecule has 1 aromatic rings. The van der Waals surface area contributed by atoms with Gasteiger partial charge in [-0.2, -0.15) is 8.78 Å². The van der Waals surface area contributed by atoms with Crippen molar-refractivity contribution in [2.75, 3.05) is 6.54 Å². The van der Waals surface area contributed by atoms with Gasteiger partial charge in [-0.25, -0.2) is 0 Å². The summed E-state index contributed by atoms with van der Waals surface area (Å²) in [6.07, 6.45) is 0. The van der Waals surface area contributed by atoms with Crippen LogP contribution in [0.2, 0.25) is 0 Å². The summed E-state index contributed by atoms with van der Waals surface area (Å²) in [5.74, 6) is 0.172. The zero-order chi connectivity index (χ0) is 12.0. The van der Waals surface area contributed by atoms with Gasteiger partial charge in [-0.3, -0.25) is 0 Å². The third kappa shape index (κ3) is 4.55. The SMILES string of the molecule is C[C@H](CN)NCc1ccc(OC(F)F)cc1. The number of rotatable bonds is 6. The number of halogens is 2. The lowest BCUT2D eigenvalue weighted by atomic mass is 10.2. The molecule has 3 N–H and O–H groups in total. The van der Waals surface area contributed by atoms with Gasteiger partial charge in [0.15, 0.2) is 0 Å². The van der Waals surface area contributed by atoms with Crippen molar-refractivity contribution in [3.8, 4) is 5.75 Å². The highest BCUT2D eigenvalue weighted by atomic mass is 19.3. The minimum absolute atomic E-state index is 0.172. The molecule has 1 aromatic carbocycles. The summed E-state index contributed by atoms with van der Waals surface area (Å²) < 4.78 is 28.0. The van der Waals surface area contributed by atoms with Crippen LogP contribution in [0, 0.1) is 0 Å². The lowest BCUT2D eigenvalue weighted by molar-refractivity contribution is -0.0498. The second-order valence-electron chi connectivity index (χ2n) is 3.54. The lowest BCUT2D eigenvalue weighted by Gasteiger charge is -2.11. The number of hydrogen-bond donors (Lipinski definition) is 2. The number of ether oxygens (including phenoxy) is 1. The number of nitrogens with one attached hydrogen (secondary N) is 1. The summed E-state index contributed by atoms with van der Waals surface area (Å²) in [6.45, 7) is 0.426. The molecule has 0 spiro atoms. The number of nitrogens with two attached hydrogens (primary N) is 1. The molecule has 0 radical (unpaired) electrons. The molecule has 1 atom stereocenters. The Labute approximate surface area is 93.6 Å². The summed E-state index contributed by atoms with van der Waals surface area (Å²) in [4.78, 5) is 0. The predicted molar refractivity (Wildman–Crippen MR) is 58.4 cm³/mol. The molecule has 90 valence electrons. The topological polar surface area (TPSA) is 47.3 Å². The van der Waals surface area contributed by atoms with Crippen LogP contribution in [0.5, 0.6) is 5.75 Å². The Hall–Kier alpha value is -1.20. The summed E-state index contributed by atoms with van der Waals surface area (Å²) in [5.41, 5.74) is 6.45. The van der Waals surface area contributed by atoms with Crippen molar-refractivity contribution in [3.05, 3.63) is 29.8 Å². The van der Waals surface area contributed by atoms with Gasteiger partial charge < -0.3 is 15.8 Å². The first-order valence-corrected chi connectivity index (χ1v) is 5.09. The van der Waals surface area contributed by atoms with Crippen molar-refractivity contribution < 1.29 is 13.5 Å². The maximum absolute atomic E-state index is 11.9. The third-order valence-electron chi connectivity index (χ3n) is 2.16. The Morgan fingerprint density at radius 1 is 1.31 bits per heavy atom. The van der Waals surface area contributed by atoms with E-state index < -0.39 is 6.61 Å². The normalized spacial score (nSPS) is 12.8. The van der Waals surface area contributed by atoms with Crippen LogP contribution in [-0.2, 0) is 6.54 Å². The van der Waals surface area contributed by atoms with E-state index in [1.54, 1.807) is 12.1 Å². The van der Waals surface area contributed by atoms with Gasteiger partial charge in [-0.15, -0.1) is 0 Å². The van der Waals surface area contributed by atoms with Crippen LogP contribution < -0.4 is 15.8 Å². The fraction of sp³-hybridized carbons (Fsp3) is 0.455. The van der Waals surface area contributed by atoms with E-state index in [9.17, 15) is 8.78 Å². The Morgan fingerprint density at radius 3 is 2.44 bits per heavy atom. The molecule has 0 aliphatic carbocycles. The number of benzene rings is 1. The summed E-state index contributed by atoms with van der Waals surface area (Å²) in [5, 5.41) is 3.19. The van der Waals surface area contributed by atoms with Gasteiger partial charge in [0, 0.05) is 19.1 Å². The number of hydrogen-bond acceptors (Lipinski definition) is 3. The highest BCUT2D eigenvalue weighted by molar-refractivity contribution is 5.27. The van der Waals surface area contributed by atoms with Gasteiger partial charge in [0.2, 0.25) is 0 Å². The average molecular weight is 230 g/mol. The van der Waals surface area contributed by atoms with Crippen molar-refractivity contribution in [2.45, 2.75) is 26.1 Å². The average Bonchev–Trinajstić information content (AvgIpc) is 2.27. The van der Waals surface area contributed by atoms with Crippen LogP contribution in [0.1, 0.15) is 12.5 Å². The molecule has 0 heterocycles. The van der Waals surface area contributed by atoms with E-state index in [-0.39, 0.29) is 11.8 Å². The van der Waals surface area contributed by atoms with E-state index in [0.29, 0.717) is 13.1 Å². The molecule has 5 heteroatoms. The van der Waals surface area contributed by atoms with E-state index >= 15 is 0 Å². The quantitative estimate of drug-likeness (QED) is 0.782. The van der Waals surface area contributed by atoms with E-state index in [1.807, 2.05) is 6.92 Å². The van der Waals surface area contributed by atoms with Gasteiger partial charge in [0.25, 0.3) is 0 Å². The van der Waals surface area contributed by atoms with Crippen LogP contribution in [0.15, 0.2) is 24.3 Å². The van der Waals surface area contributed by atoms with Crippen molar-refractivity contribution >= 4 is 0 Å². The van der Waals surface area contributed by atoms with Gasteiger partial charge in [0.1, 0.15) is 5.75 Å². The third-order valence-corrected chi connectivity index (χ3v) is 2.16. The molecule has 0 aromatic heterocycles. The zero-order valence-corrected chi connectivity index (χ0v) is 9.12. The van der Waals surface area contributed by atoms with Crippen LogP contribution in [0.25, 0.3) is 0 Å². The second-order valence-corrected chi connectivity index (χ2v) is 3.54. The summed E-state index contributed by atoms with van der Waals surface area (Å²) in [6, 6.07) is 6.77. The molecule has 0 amide bonds. The van der Waals surface area contributed by atoms with Gasteiger partial charge >= 0.3 is 6.61 Å². The second kappa shape index (κ2) is 6.40. The minimum Gasteiger partial charge on any atom is -0.435 e. The Morgan fingerprint density at radius 2 is 1.94 bits per heavy atom. The molecule has 0 unspecified atom stereocenters. The first-order chi connectivity index (χ1) is 7.61. The molecule has 0 bridgehead atoms. The molecule has 0 fully saturated rings. The fourth-order valence-corrected chi connectivity index (χ4v) is 1.16. The van der Waals surface area contributed by atoms with Gasteiger partial charge in [-0.1, -0.05) is 12.1 Å². The molecule has 0 aliphatic rings. The molecular weight excluding hydrogens is 214 g/mol. The van der Waals surface area contributed by atoms with Gasteiger partial charge in [-0.05, 0) is 24.6 Å². The molecule has 0 aliphatic heterocycles. The Kier molecular flexibility index (Phi) is 5.14. The van der Waals surface area contributed by atoms with Gasteiger partial charge in [0.05, 0.1) is 0 Å². The highest BCUT2D eigenvalue weighted by Gasteiger charge is 2.04. The monoisotopic (exact) mass is 230 g/mol. The standard InChI is InChI=1S/C11H16F2N2O/c1-8(6-14)15-7-9-2-4-10(5-3-9)16-11(12)13/h2-5,8,11,15H,6-7,14H2,1H3/t8-/m1/s1. The minimum atomic E-state index is -2.78. The van der Waals surface area contributed by atoms with Crippen molar-refractivity contribution in [1.29, 1.82) is 0 Å². The maximum atomic E-state index is 11.9. The smallest absolute Gasteiger partial charge is 0.387 e. The Balaban J connectivity index is 2.45. The van der Waals surface area contributed by atoms with Crippen LogP contribution in [-0.4, -0.2) is 19.2 Å². The number of alkyl halides is 2. The summed E-state index contributed by atoms with van der Waals surface area (Å²) in [7, 11) is 0. The van der Waals surface area contributed by atoms with E-state index in [0.717, 1.165) is 5.56 Å². The van der Waals surface area contributed by atoms with Crippen molar-refractivity contribution in [2.24, 2.45) is 5.73 Å². The first kappa shape index (κ1) is 12.9. The zero-order valence-electron chi connectivity index (χ0n) is 9.12. The highest BCUT2D eigenvalue weighted by Crippen LogP contribution is 2.14. The summed E-state index contributed by atoms with van der Waals surface area (Å²) >= 11 is 0. The molecule has 0 saturated heterocycles. The largest absolute Gasteiger partial charge is 0.435 e. The molecule has 16 heavy (non-hydrogen) atoms. The van der Waals surface area contributed by atoms with E-state index in [4.69, 9.17) is 5.73 Å². The van der Waals surface area contributed by atoms with E-state index in [1.165, 1.54) is 12.1 Å². The molecule has 0 saturated carbocycles. The molecule has 3 nitrogen and oxygen atoms in total. The fourth-order valence-electron chi connectivity index (χ4n) is 1.16. The molecule has 1 rings (SSSR count). The van der Waals surface area contributed by atoms with Crippen LogP contribution in [0.4, 0.5) is 8.78 Å². The Bertz CT molecular complexity index is 303. The van der Waals surface area contributed by atoms with Crippen molar-refractivity contribution in [3.63, 3.8) is 0 Å². The van der Waals surface area contributed by atoms with E-state index in [2.05, 4.69) is 10.1 Å².